The molecule has 0 aliphatic heterocycles. The molecule has 20 heavy (non-hydrogen) atoms. The molecule has 0 atom stereocenters. The number of nitrogens with one attached hydrogen (secondary N) is 1. The van der Waals surface area contributed by atoms with Gasteiger partial charge in [-0.15, -0.1) is 0 Å². The lowest BCUT2D eigenvalue weighted by Gasteiger charge is -2.19. The summed E-state index contributed by atoms with van der Waals surface area (Å²) in [5, 5.41) is 14.1. The van der Waals surface area contributed by atoms with E-state index in [-0.39, 0.29) is 10.5 Å². The third-order valence-corrected chi connectivity index (χ3v) is 3.61. The third kappa shape index (κ3) is 3.88. The van der Waals surface area contributed by atoms with Crippen molar-refractivity contribution in [2.45, 2.75) is 32.7 Å². The molecule has 1 N–H and O–H groups in total. The van der Waals surface area contributed by atoms with Gasteiger partial charge < -0.3 is 9.73 Å². The number of thiophene rings is 1. The molecule has 0 unspecified atom stereocenters. The SMILES string of the molecule is CC(C)(C)NCCc1ncc(-c2ccc([N+](=O)[O-])s2)o1. The van der Waals surface area contributed by atoms with Crippen molar-refractivity contribution in [2.75, 3.05) is 6.54 Å². The maximum absolute atomic E-state index is 10.6. The average Bonchev–Trinajstić information content (AvgIpc) is 2.94. The van der Waals surface area contributed by atoms with Gasteiger partial charge in [0.25, 0.3) is 0 Å². The topological polar surface area (TPSA) is 81.2 Å². The Morgan fingerprint density at radius 1 is 1.45 bits per heavy atom. The molecule has 2 aromatic rings. The van der Waals surface area contributed by atoms with Gasteiger partial charge in [0.1, 0.15) is 0 Å². The van der Waals surface area contributed by atoms with Crippen molar-refractivity contribution in [3.05, 3.63) is 34.3 Å². The van der Waals surface area contributed by atoms with Crippen LogP contribution in [0, 0.1) is 10.1 Å². The third-order valence-electron chi connectivity index (χ3n) is 2.56. The second kappa shape index (κ2) is 5.72. The molecule has 6 nitrogen and oxygen atoms in total. The van der Waals surface area contributed by atoms with Crippen LogP contribution >= 0.6 is 11.3 Å². The molecule has 2 heterocycles. The minimum atomic E-state index is -0.404. The zero-order chi connectivity index (χ0) is 14.8. The number of rotatable bonds is 5. The first kappa shape index (κ1) is 14.7. The summed E-state index contributed by atoms with van der Waals surface area (Å²) in [5.41, 5.74) is 0.0593. The Labute approximate surface area is 121 Å². The monoisotopic (exact) mass is 295 g/mol. The molecule has 0 fully saturated rings. The Morgan fingerprint density at radius 2 is 2.20 bits per heavy atom. The van der Waals surface area contributed by atoms with Crippen LogP contribution < -0.4 is 5.32 Å². The van der Waals surface area contributed by atoms with E-state index in [0.717, 1.165) is 22.8 Å². The molecule has 0 aliphatic rings. The predicted molar refractivity (Wildman–Crippen MR) is 77.9 cm³/mol. The summed E-state index contributed by atoms with van der Waals surface area (Å²) in [4.78, 5) is 15.2. The number of aromatic nitrogens is 1. The summed E-state index contributed by atoms with van der Waals surface area (Å²) in [5.74, 6) is 1.21. The maximum Gasteiger partial charge on any atom is 0.324 e. The van der Waals surface area contributed by atoms with E-state index in [9.17, 15) is 10.1 Å². The number of nitro groups is 1. The maximum atomic E-state index is 10.6. The quantitative estimate of drug-likeness (QED) is 0.676. The van der Waals surface area contributed by atoms with Gasteiger partial charge in [-0.25, -0.2) is 4.98 Å². The van der Waals surface area contributed by atoms with Gasteiger partial charge in [0.05, 0.1) is 16.0 Å². The van der Waals surface area contributed by atoms with Crippen molar-refractivity contribution in [2.24, 2.45) is 0 Å². The highest BCUT2D eigenvalue weighted by Gasteiger charge is 2.15. The fourth-order valence-electron chi connectivity index (χ4n) is 1.64. The van der Waals surface area contributed by atoms with E-state index in [4.69, 9.17) is 4.42 Å². The second-order valence-electron chi connectivity index (χ2n) is 5.44. The summed E-state index contributed by atoms with van der Waals surface area (Å²) in [6.07, 6.45) is 2.30. The molecule has 7 heteroatoms. The van der Waals surface area contributed by atoms with Gasteiger partial charge in [-0.05, 0) is 26.8 Å². The summed E-state index contributed by atoms with van der Waals surface area (Å²) in [6.45, 7) is 7.06. The Kier molecular flexibility index (Phi) is 4.20. The fraction of sp³-hybridized carbons (Fsp3) is 0.462. The summed E-state index contributed by atoms with van der Waals surface area (Å²) in [6, 6.07) is 3.16. The lowest BCUT2D eigenvalue weighted by molar-refractivity contribution is -0.380. The molecule has 2 aromatic heterocycles. The van der Waals surface area contributed by atoms with Crippen LogP contribution in [0.4, 0.5) is 5.00 Å². The predicted octanol–water partition coefficient (Wildman–Crippen LogP) is 3.24. The smallest absolute Gasteiger partial charge is 0.324 e. The lowest BCUT2D eigenvalue weighted by atomic mass is 10.1. The van der Waals surface area contributed by atoms with E-state index in [2.05, 4.69) is 31.1 Å². The van der Waals surface area contributed by atoms with Crippen LogP contribution in [0.15, 0.2) is 22.7 Å². The number of hydrogen-bond donors (Lipinski definition) is 1. The van der Waals surface area contributed by atoms with Crippen molar-refractivity contribution < 1.29 is 9.34 Å². The van der Waals surface area contributed by atoms with Crippen molar-refractivity contribution in [1.29, 1.82) is 0 Å². The molecule has 0 spiro atoms. The molecule has 0 amide bonds. The van der Waals surface area contributed by atoms with Crippen molar-refractivity contribution in [3.8, 4) is 10.6 Å². The van der Waals surface area contributed by atoms with Crippen molar-refractivity contribution in [3.63, 3.8) is 0 Å². The van der Waals surface area contributed by atoms with E-state index >= 15 is 0 Å². The Bertz CT molecular complexity index is 598. The molecule has 0 saturated heterocycles. The zero-order valence-corrected chi connectivity index (χ0v) is 12.5. The first-order valence-corrected chi connectivity index (χ1v) is 7.11. The lowest BCUT2D eigenvalue weighted by Crippen LogP contribution is -2.37. The molecule has 0 aromatic carbocycles. The van der Waals surface area contributed by atoms with Gasteiger partial charge in [0.15, 0.2) is 11.7 Å². The van der Waals surface area contributed by atoms with Gasteiger partial charge in [-0.3, -0.25) is 10.1 Å². The Hall–Kier alpha value is -1.73. The van der Waals surface area contributed by atoms with Gasteiger partial charge in [0.2, 0.25) is 0 Å². The largest absolute Gasteiger partial charge is 0.440 e. The molecule has 0 radical (unpaired) electrons. The van der Waals surface area contributed by atoms with Crippen LogP contribution in [0.2, 0.25) is 0 Å². The van der Waals surface area contributed by atoms with E-state index in [1.807, 2.05) is 0 Å². The van der Waals surface area contributed by atoms with Gasteiger partial charge >= 0.3 is 5.00 Å². The number of hydrogen-bond acceptors (Lipinski definition) is 6. The fourth-order valence-corrected chi connectivity index (χ4v) is 2.41. The molecule has 0 aliphatic carbocycles. The van der Waals surface area contributed by atoms with Crippen LogP contribution in [-0.2, 0) is 6.42 Å². The van der Waals surface area contributed by atoms with Gasteiger partial charge in [-0.2, -0.15) is 0 Å². The molecule has 108 valence electrons. The Morgan fingerprint density at radius 3 is 2.80 bits per heavy atom. The highest BCUT2D eigenvalue weighted by Crippen LogP contribution is 2.32. The molecule has 0 saturated carbocycles. The van der Waals surface area contributed by atoms with Crippen LogP contribution in [0.3, 0.4) is 0 Å². The highest BCUT2D eigenvalue weighted by atomic mass is 32.1. The van der Waals surface area contributed by atoms with E-state index in [1.165, 1.54) is 6.07 Å². The van der Waals surface area contributed by atoms with E-state index < -0.39 is 4.92 Å². The molecular weight excluding hydrogens is 278 g/mol. The first-order chi connectivity index (χ1) is 9.35. The highest BCUT2D eigenvalue weighted by molar-refractivity contribution is 7.18. The summed E-state index contributed by atoms with van der Waals surface area (Å²) >= 11 is 1.09. The summed E-state index contributed by atoms with van der Waals surface area (Å²) in [7, 11) is 0. The summed E-state index contributed by atoms with van der Waals surface area (Å²) < 4.78 is 5.61. The minimum Gasteiger partial charge on any atom is -0.440 e. The minimum absolute atomic E-state index is 0.0593. The number of oxazole rings is 1. The molecular formula is C13H17N3O3S. The Balaban J connectivity index is 1.99. The number of nitrogens with zero attached hydrogens (tertiary/aromatic N) is 2. The van der Waals surface area contributed by atoms with E-state index in [0.29, 0.717) is 18.1 Å². The van der Waals surface area contributed by atoms with Crippen molar-refractivity contribution in [1.82, 2.24) is 10.3 Å². The van der Waals surface area contributed by atoms with Crippen LogP contribution in [0.5, 0.6) is 0 Å². The van der Waals surface area contributed by atoms with Gasteiger partial charge in [-0.1, -0.05) is 11.3 Å². The second-order valence-corrected chi connectivity index (χ2v) is 6.50. The average molecular weight is 295 g/mol. The standard InChI is InChI=1S/C13H17N3O3S/c1-13(2,3)15-7-6-11-14-8-9(19-11)10-4-5-12(20-10)16(17)18/h4-5,8,15H,6-7H2,1-3H3. The normalized spacial score (nSPS) is 11.8. The van der Waals surface area contributed by atoms with Crippen LogP contribution in [0.1, 0.15) is 26.7 Å². The zero-order valence-electron chi connectivity index (χ0n) is 11.7. The van der Waals surface area contributed by atoms with E-state index in [1.54, 1.807) is 12.3 Å². The molecule has 0 bridgehead atoms. The van der Waals surface area contributed by atoms with Crippen molar-refractivity contribution >= 4 is 16.3 Å². The van der Waals surface area contributed by atoms with Crippen LogP contribution in [-0.4, -0.2) is 22.0 Å². The molecule has 2 rings (SSSR count). The van der Waals surface area contributed by atoms with Gasteiger partial charge in [0, 0.05) is 24.6 Å². The van der Waals surface area contributed by atoms with Crippen LogP contribution in [0.25, 0.3) is 10.6 Å². The first-order valence-electron chi connectivity index (χ1n) is 6.29.